The molecule has 2 N–H and O–H groups in total. The molecule has 0 saturated carbocycles. The first-order valence-corrected chi connectivity index (χ1v) is 5.80. The number of rotatable bonds is 3. The van der Waals surface area contributed by atoms with E-state index in [2.05, 4.69) is 4.90 Å². The molecule has 16 heavy (non-hydrogen) atoms. The van der Waals surface area contributed by atoms with Gasteiger partial charge in [-0.25, -0.2) is 4.79 Å². The number of allylic oxidation sites excluding steroid dienone is 1. The van der Waals surface area contributed by atoms with Crippen LogP contribution in [0.15, 0.2) is 11.3 Å². The fraction of sp³-hybridized carbons (Fsp3) is 0.750. The molecule has 1 aliphatic heterocycles. The molecule has 1 fully saturated rings. The Labute approximate surface area is 97.4 Å². The zero-order chi connectivity index (χ0) is 12.3. The lowest BCUT2D eigenvalue weighted by atomic mass is 10.1. The standard InChI is InChI=1S/C12H22N2O2/c1-5-10(13)9(2)11(15)16-12(3)7-6-8-14(12)4/h5-8,13H2,1-4H3. The fourth-order valence-electron chi connectivity index (χ4n) is 1.87. The molecule has 0 aliphatic carbocycles. The van der Waals surface area contributed by atoms with Gasteiger partial charge in [-0.3, -0.25) is 4.90 Å². The SMILES string of the molecule is CCC(N)=C(C)C(=O)OC1(C)CCCN1C. The van der Waals surface area contributed by atoms with Crippen molar-refractivity contribution < 1.29 is 9.53 Å². The van der Waals surface area contributed by atoms with E-state index in [4.69, 9.17) is 10.5 Å². The first kappa shape index (κ1) is 13.0. The lowest BCUT2D eigenvalue weighted by molar-refractivity contribution is -0.167. The van der Waals surface area contributed by atoms with E-state index in [1.807, 2.05) is 20.9 Å². The molecule has 4 heteroatoms. The lowest BCUT2D eigenvalue weighted by Gasteiger charge is -2.31. The Morgan fingerprint density at radius 3 is 2.62 bits per heavy atom. The number of hydrogen-bond acceptors (Lipinski definition) is 4. The maximum atomic E-state index is 11.9. The van der Waals surface area contributed by atoms with Crippen LogP contribution in [0, 0.1) is 0 Å². The van der Waals surface area contributed by atoms with Gasteiger partial charge in [0.2, 0.25) is 0 Å². The predicted molar refractivity (Wildman–Crippen MR) is 63.5 cm³/mol. The average Bonchev–Trinajstić information content (AvgIpc) is 2.56. The largest absolute Gasteiger partial charge is 0.441 e. The van der Waals surface area contributed by atoms with Crippen LogP contribution in [0.3, 0.4) is 0 Å². The Bertz CT molecular complexity index is 312. The summed E-state index contributed by atoms with van der Waals surface area (Å²) in [7, 11) is 1.97. The summed E-state index contributed by atoms with van der Waals surface area (Å²) >= 11 is 0. The van der Waals surface area contributed by atoms with Crippen LogP contribution >= 0.6 is 0 Å². The second-order valence-corrected chi connectivity index (χ2v) is 4.59. The van der Waals surface area contributed by atoms with E-state index in [1.54, 1.807) is 6.92 Å². The molecule has 0 spiro atoms. The Hall–Kier alpha value is -1.03. The zero-order valence-corrected chi connectivity index (χ0v) is 10.7. The molecule has 1 aliphatic rings. The lowest BCUT2D eigenvalue weighted by Crippen LogP contribution is -2.42. The van der Waals surface area contributed by atoms with Crippen LogP contribution in [0.5, 0.6) is 0 Å². The molecule has 1 unspecified atom stereocenters. The van der Waals surface area contributed by atoms with E-state index < -0.39 is 5.72 Å². The summed E-state index contributed by atoms with van der Waals surface area (Å²) in [5, 5.41) is 0. The van der Waals surface area contributed by atoms with Crippen molar-refractivity contribution in [2.45, 2.75) is 45.8 Å². The van der Waals surface area contributed by atoms with Crippen LogP contribution in [0.4, 0.5) is 0 Å². The van der Waals surface area contributed by atoms with Crippen molar-refractivity contribution in [1.82, 2.24) is 4.90 Å². The molecule has 0 aromatic heterocycles. The van der Waals surface area contributed by atoms with Crippen molar-refractivity contribution in [2.24, 2.45) is 5.73 Å². The van der Waals surface area contributed by atoms with Crippen molar-refractivity contribution in [3.63, 3.8) is 0 Å². The van der Waals surface area contributed by atoms with E-state index >= 15 is 0 Å². The fourth-order valence-corrected chi connectivity index (χ4v) is 1.87. The number of hydrogen-bond donors (Lipinski definition) is 1. The molecule has 4 nitrogen and oxygen atoms in total. The van der Waals surface area contributed by atoms with Gasteiger partial charge < -0.3 is 10.5 Å². The average molecular weight is 226 g/mol. The zero-order valence-electron chi connectivity index (χ0n) is 10.7. The highest BCUT2D eigenvalue weighted by Gasteiger charge is 2.37. The minimum atomic E-state index is -0.466. The van der Waals surface area contributed by atoms with Gasteiger partial charge in [0.1, 0.15) is 0 Å². The van der Waals surface area contributed by atoms with Gasteiger partial charge in [-0.1, -0.05) is 6.92 Å². The minimum absolute atomic E-state index is 0.296. The molecule has 0 aromatic rings. The number of esters is 1. The van der Waals surface area contributed by atoms with Gasteiger partial charge >= 0.3 is 5.97 Å². The smallest absolute Gasteiger partial charge is 0.337 e. The van der Waals surface area contributed by atoms with Crippen molar-refractivity contribution in [1.29, 1.82) is 0 Å². The third kappa shape index (κ3) is 2.55. The third-order valence-corrected chi connectivity index (χ3v) is 3.42. The van der Waals surface area contributed by atoms with E-state index in [-0.39, 0.29) is 5.97 Å². The van der Waals surface area contributed by atoms with Gasteiger partial charge in [0.15, 0.2) is 5.72 Å². The highest BCUT2D eigenvalue weighted by molar-refractivity contribution is 5.88. The molecule has 1 rings (SSSR count). The van der Waals surface area contributed by atoms with Crippen molar-refractivity contribution in [2.75, 3.05) is 13.6 Å². The molecule has 0 amide bonds. The first-order valence-electron chi connectivity index (χ1n) is 5.80. The van der Waals surface area contributed by atoms with Gasteiger partial charge in [0.25, 0.3) is 0 Å². The van der Waals surface area contributed by atoms with Crippen LogP contribution in [0.1, 0.15) is 40.0 Å². The summed E-state index contributed by atoms with van der Waals surface area (Å²) in [6, 6.07) is 0. The van der Waals surface area contributed by atoms with Gasteiger partial charge in [0, 0.05) is 18.7 Å². The predicted octanol–water partition coefficient (Wildman–Crippen LogP) is 1.61. The van der Waals surface area contributed by atoms with Gasteiger partial charge in [-0.15, -0.1) is 0 Å². The minimum Gasteiger partial charge on any atom is -0.441 e. The van der Waals surface area contributed by atoms with Crippen molar-refractivity contribution in [3.8, 4) is 0 Å². The number of ether oxygens (including phenoxy) is 1. The van der Waals surface area contributed by atoms with Crippen molar-refractivity contribution in [3.05, 3.63) is 11.3 Å². The summed E-state index contributed by atoms with van der Waals surface area (Å²) in [5.74, 6) is -0.296. The Balaban J connectivity index is 2.71. The van der Waals surface area contributed by atoms with Crippen molar-refractivity contribution >= 4 is 5.97 Å². The molecule has 1 heterocycles. The van der Waals surface area contributed by atoms with E-state index in [1.165, 1.54) is 0 Å². The van der Waals surface area contributed by atoms with E-state index in [0.717, 1.165) is 19.4 Å². The highest BCUT2D eigenvalue weighted by atomic mass is 16.6. The normalized spacial score (nSPS) is 27.8. The summed E-state index contributed by atoms with van der Waals surface area (Å²) in [4.78, 5) is 13.9. The van der Waals surface area contributed by atoms with E-state index in [0.29, 0.717) is 17.7 Å². The first-order chi connectivity index (χ1) is 7.40. The number of carbonyl (C=O) groups is 1. The number of carbonyl (C=O) groups excluding carboxylic acids is 1. The van der Waals surface area contributed by atoms with E-state index in [9.17, 15) is 4.79 Å². The monoisotopic (exact) mass is 226 g/mol. The molecule has 1 atom stereocenters. The number of nitrogens with two attached hydrogens (primary N) is 1. The van der Waals surface area contributed by atoms with Crippen LogP contribution in [0.25, 0.3) is 0 Å². The molecule has 0 radical (unpaired) electrons. The second kappa shape index (κ2) is 4.87. The van der Waals surface area contributed by atoms with Crippen LogP contribution in [0.2, 0.25) is 0 Å². The Morgan fingerprint density at radius 2 is 2.19 bits per heavy atom. The summed E-state index contributed by atoms with van der Waals surface area (Å²) < 4.78 is 5.54. The molecule has 1 saturated heterocycles. The second-order valence-electron chi connectivity index (χ2n) is 4.59. The molecule has 0 bridgehead atoms. The Kier molecular flexibility index (Phi) is 3.97. The summed E-state index contributed by atoms with van der Waals surface area (Å²) in [6.45, 7) is 6.57. The van der Waals surface area contributed by atoms with Crippen LogP contribution in [-0.4, -0.2) is 30.2 Å². The highest BCUT2D eigenvalue weighted by Crippen LogP contribution is 2.29. The quantitative estimate of drug-likeness (QED) is 0.587. The topological polar surface area (TPSA) is 55.6 Å². The molecular weight excluding hydrogens is 204 g/mol. The summed E-state index contributed by atoms with van der Waals surface area (Å²) in [6.07, 6.45) is 2.62. The Morgan fingerprint density at radius 1 is 1.56 bits per heavy atom. The van der Waals surface area contributed by atoms with Crippen LogP contribution < -0.4 is 5.73 Å². The molecular formula is C12H22N2O2. The summed E-state index contributed by atoms with van der Waals surface area (Å²) in [5.41, 5.74) is 6.41. The maximum Gasteiger partial charge on any atom is 0.337 e. The van der Waals surface area contributed by atoms with Gasteiger partial charge in [-0.2, -0.15) is 0 Å². The van der Waals surface area contributed by atoms with Crippen LogP contribution in [-0.2, 0) is 9.53 Å². The molecule has 92 valence electrons. The van der Waals surface area contributed by atoms with Gasteiger partial charge in [-0.05, 0) is 33.7 Å². The van der Waals surface area contributed by atoms with Gasteiger partial charge in [0.05, 0.1) is 5.57 Å². The number of likely N-dealkylation sites (tertiary alicyclic amines) is 1. The number of nitrogens with zero attached hydrogens (tertiary/aromatic N) is 1. The maximum absolute atomic E-state index is 11.9. The third-order valence-electron chi connectivity index (χ3n) is 3.42. The molecule has 0 aromatic carbocycles.